The Kier molecular flexibility index (Phi) is 1.92. The van der Waals surface area contributed by atoms with E-state index in [0.29, 0.717) is 0 Å². The Labute approximate surface area is 69.8 Å². The molecule has 0 saturated carbocycles. The Hall–Kier alpha value is -0.0400. The Morgan fingerprint density at radius 2 is 2.18 bits per heavy atom. The predicted octanol–water partition coefficient (Wildman–Crippen LogP) is 2.27. The van der Waals surface area contributed by atoms with Gasteiger partial charge < -0.3 is 0 Å². The zero-order valence-corrected chi connectivity index (χ0v) is 7.71. The highest BCUT2D eigenvalue weighted by atomic mass is 15.2. The maximum atomic E-state index is 2.75. The fraction of sp³-hybridized carbons (Fsp3) is 1.00. The third kappa shape index (κ3) is 1.20. The van der Waals surface area contributed by atoms with Crippen LogP contribution in [-0.4, -0.2) is 23.5 Å². The van der Waals surface area contributed by atoms with Crippen LogP contribution in [-0.2, 0) is 0 Å². The van der Waals surface area contributed by atoms with E-state index in [1.54, 1.807) is 0 Å². The molecule has 2 aliphatic rings. The molecule has 0 radical (unpaired) electrons. The van der Waals surface area contributed by atoms with Gasteiger partial charge in [0.25, 0.3) is 0 Å². The van der Waals surface area contributed by atoms with Crippen molar-refractivity contribution in [3.63, 3.8) is 0 Å². The Morgan fingerprint density at radius 1 is 1.36 bits per heavy atom. The van der Waals surface area contributed by atoms with Crippen LogP contribution in [0.1, 0.15) is 39.5 Å². The molecule has 2 heterocycles. The van der Waals surface area contributed by atoms with Gasteiger partial charge in [0.05, 0.1) is 0 Å². The molecule has 0 amide bonds. The largest absolute Gasteiger partial charge is 0.297 e. The van der Waals surface area contributed by atoms with Gasteiger partial charge in [-0.2, -0.15) is 0 Å². The van der Waals surface area contributed by atoms with Gasteiger partial charge >= 0.3 is 0 Å². The molecule has 2 aliphatic heterocycles. The number of hydrogen-bond acceptors (Lipinski definition) is 1. The smallest absolute Gasteiger partial charge is 0.0102 e. The third-order valence-electron chi connectivity index (χ3n) is 3.44. The van der Waals surface area contributed by atoms with E-state index in [2.05, 4.69) is 18.7 Å². The fourth-order valence-corrected chi connectivity index (χ4v) is 2.90. The van der Waals surface area contributed by atoms with Crippen LogP contribution in [0.3, 0.4) is 0 Å². The molecular weight excluding hydrogens is 134 g/mol. The van der Waals surface area contributed by atoms with E-state index < -0.39 is 0 Å². The van der Waals surface area contributed by atoms with E-state index in [1.807, 2.05) is 0 Å². The minimum atomic E-state index is 0.935. The third-order valence-corrected chi connectivity index (χ3v) is 3.44. The summed E-state index contributed by atoms with van der Waals surface area (Å²) in [5.41, 5.74) is 0. The summed E-state index contributed by atoms with van der Waals surface area (Å²) in [6.45, 7) is 6.10. The first kappa shape index (κ1) is 7.60. The van der Waals surface area contributed by atoms with Gasteiger partial charge in [0, 0.05) is 18.6 Å². The van der Waals surface area contributed by atoms with Crippen molar-refractivity contribution in [3.8, 4) is 0 Å². The summed E-state index contributed by atoms with van der Waals surface area (Å²) in [5, 5.41) is 0. The Morgan fingerprint density at radius 3 is 2.91 bits per heavy atom. The summed E-state index contributed by atoms with van der Waals surface area (Å²) >= 11 is 0. The average molecular weight is 153 g/mol. The van der Waals surface area contributed by atoms with Crippen LogP contribution in [0.4, 0.5) is 0 Å². The second-order valence-corrected chi connectivity index (χ2v) is 4.33. The van der Waals surface area contributed by atoms with Crippen molar-refractivity contribution in [1.29, 1.82) is 0 Å². The van der Waals surface area contributed by atoms with Crippen molar-refractivity contribution in [2.24, 2.45) is 5.92 Å². The van der Waals surface area contributed by atoms with Crippen molar-refractivity contribution in [2.45, 2.75) is 51.6 Å². The molecule has 11 heavy (non-hydrogen) atoms. The van der Waals surface area contributed by atoms with Crippen LogP contribution < -0.4 is 0 Å². The molecule has 1 nitrogen and oxygen atoms in total. The van der Waals surface area contributed by atoms with Crippen molar-refractivity contribution in [2.75, 3.05) is 6.54 Å². The summed E-state index contributed by atoms with van der Waals surface area (Å²) in [4.78, 5) is 2.75. The van der Waals surface area contributed by atoms with Gasteiger partial charge in [-0.3, -0.25) is 4.90 Å². The van der Waals surface area contributed by atoms with Crippen molar-refractivity contribution in [3.05, 3.63) is 0 Å². The molecule has 2 saturated heterocycles. The topological polar surface area (TPSA) is 3.24 Å². The van der Waals surface area contributed by atoms with Gasteiger partial charge in [0.15, 0.2) is 0 Å². The molecule has 0 aromatic carbocycles. The molecule has 0 N–H and O–H groups in total. The normalized spacial score (nSPS) is 44.7. The first-order valence-electron chi connectivity index (χ1n) is 5.07. The lowest BCUT2D eigenvalue weighted by molar-refractivity contribution is 0.235. The molecule has 0 bridgehead atoms. The maximum absolute atomic E-state index is 2.75. The van der Waals surface area contributed by atoms with Crippen molar-refractivity contribution in [1.82, 2.24) is 4.90 Å². The molecule has 3 unspecified atom stereocenters. The summed E-state index contributed by atoms with van der Waals surface area (Å²) in [6.07, 6.45) is 5.77. The lowest BCUT2D eigenvalue weighted by Crippen LogP contribution is -2.30. The monoisotopic (exact) mass is 153 g/mol. The molecule has 1 heteroatoms. The summed E-state index contributed by atoms with van der Waals surface area (Å²) in [5.74, 6) is 0.967. The molecule has 0 spiro atoms. The van der Waals surface area contributed by atoms with Crippen LogP contribution >= 0.6 is 0 Å². The van der Waals surface area contributed by atoms with Crippen LogP contribution in [0.25, 0.3) is 0 Å². The average Bonchev–Trinajstić information content (AvgIpc) is 2.45. The Balaban J connectivity index is 2.01. The minimum absolute atomic E-state index is 0.935. The molecule has 0 aromatic rings. The zero-order valence-electron chi connectivity index (χ0n) is 7.71. The van der Waals surface area contributed by atoms with Gasteiger partial charge in [-0.25, -0.2) is 0 Å². The maximum Gasteiger partial charge on any atom is 0.0102 e. The first-order chi connectivity index (χ1) is 5.31. The van der Waals surface area contributed by atoms with E-state index >= 15 is 0 Å². The summed E-state index contributed by atoms with van der Waals surface area (Å²) in [6, 6.07) is 1.90. The van der Waals surface area contributed by atoms with Gasteiger partial charge in [-0.15, -0.1) is 0 Å². The van der Waals surface area contributed by atoms with Crippen molar-refractivity contribution < 1.29 is 0 Å². The zero-order chi connectivity index (χ0) is 7.84. The second kappa shape index (κ2) is 2.78. The van der Waals surface area contributed by atoms with Gasteiger partial charge in [-0.05, 0) is 31.6 Å². The van der Waals surface area contributed by atoms with Crippen LogP contribution in [0.5, 0.6) is 0 Å². The Bertz CT molecular complexity index is 142. The number of nitrogens with zero attached hydrogens (tertiary/aromatic N) is 1. The lowest BCUT2D eigenvalue weighted by atomic mass is 10.0. The van der Waals surface area contributed by atoms with E-state index in [0.717, 1.165) is 18.0 Å². The van der Waals surface area contributed by atoms with Gasteiger partial charge in [0.2, 0.25) is 0 Å². The molecule has 2 rings (SSSR count). The molecule has 64 valence electrons. The highest BCUT2D eigenvalue weighted by Gasteiger charge is 2.38. The molecule has 3 atom stereocenters. The standard InChI is InChI=1S/C10H19N/c1-3-9-4-5-10-6-8(2)7-11(9)10/h8-10H,3-7H2,1-2H3. The predicted molar refractivity (Wildman–Crippen MR) is 47.6 cm³/mol. The van der Waals surface area contributed by atoms with E-state index in [9.17, 15) is 0 Å². The lowest BCUT2D eigenvalue weighted by Gasteiger charge is -2.22. The summed E-state index contributed by atoms with van der Waals surface area (Å²) < 4.78 is 0. The van der Waals surface area contributed by atoms with Crippen LogP contribution in [0.2, 0.25) is 0 Å². The quantitative estimate of drug-likeness (QED) is 0.558. The molecular formula is C10H19N. The SMILES string of the molecule is CCC1CCC2CC(C)CN12. The first-order valence-corrected chi connectivity index (χ1v) is 5.07. The minimum Gasteiger partial charge on any atom is -0.297 e. The second-order valence-electron chi connectivity index (χ2n) is 4.33. The van der Waals surface area contributed by atoms with Gasteiger partial charge in [0.1, 0.15) is 0 Å². The van der Waals surface area contributed by atoms with E-state index in [-0.39, 0.29) is 0 Å². The van der Waals surface area contributed by atoms with Crippen LogP contribution in [0.15, 0.2) is 0 Å². The van der Waals surface area contributed by atoms with Gasteiger partial charge in [-0.1, -0.05) is 13.8 Å². The highest BCUT2D eigenvalue weighted by molar-refractivity contribution is 4.93. The molecule has 0 aliphatic carbocycles. The number of hydrogen-bond donors (Lipinski definition) is 0. The van der Waals surface area contributed by atoms with Crippen molar-refractivity contribution >= 4 is 0 Å². The molecule has 0 aromatic heterocycles. The fourth-order valence-electron chi connectivity index (χ4n) is 2.90. The number of rotatable bonds is 1. The summed E-state index contributed by atoms with van der Waals surface area (Å²) in [7, 11) is 0. The van der Waals surface area contributed by atoms with E-state index in [1.165, 1.54) is 32.2 Å². The molecule has 2 fully saturated rings. The van der Waals surface area contributed by atoms with Crippen LogP contribution in [0, 0.1) is 5.92 Å². The highest BCUT2D eigenvalue weighted by Crippen LogP contribution is 2.36. The number of fused-ring (bicyclic) bond motifs is 1. The van der Waals surface area contributed by atoms with E-state index in [4.69, 9.17) is 0 Å².